The van der Waals surface area contributed by atoms with E-state index in [1.54, 1.807) is 4.90 Å². The van der Waals surface area contributed by atoms with Crippen LogP contribution in [0.1, 0.15) is 12.8 Å². The second-order valence-corrected chi connectivity index (χ2v) is 4.24. The first-order chi connectivity index (χ1) is 7.59. The SMILES string of the molecule is NC1CCCN(c2ccc(F)c(Cl)c2)C1=O. The zero-order valence-corrected chi connectivity index (χ0v) is 9.38. The molecule has 3 nitrogen and oxygen atoms in total. The molecule has 2 N–H and O–H groups in total. The minimum absolute atomic E-state index is 0.0180. The van der Waals surface area contributed by atoms with Gasteiger partial charge in [-0.05, 0) is 31.0 Å². The lowest BCUT2D eigenvalue weighted by Gasteiger charge is -2.30. The van der Waals surface area contributed by atoms with Crippen molar-refractivity contribution < 1.29 is 9.18 Å². The van der Waals surface area contributed by atoms with Crippen molar-refractivity contribution in [3.05, 3.63) is 29.0 Å². The summed E-state index contributed by atoms with van der Waals surface area (Å²) in [5, 5.41) is 0.0180. The van der Waals surface area contributed by atoms with Crippen LogP contribution in [0.4, 0.5) is 10.1 Å². The smallest absolute Gasteiger partial charge is 0.243 e. The molecule has 1 aliphatic rings. The molecule has 0 bridgehead atoms. The number of anilines is 1. The Morgan fingerprint density at radius 3 is 2.94 bits per heavy atom. The van der Waals surface area contributed by atoms with E-state index in [-0.39, 0.29) is 10.9 Å². The first-order valence-electron chi connectivity index (χ1n) is 5.11. The predicted molar refractivity (Wildman–Crippen MR) is 61.0 cm³/mol. The van der Waals surface area contributed by atoms with Crippen LogP contribution >= 0.6 is 11.6 Å². The topological polar surface area (TPSA) is 46.3 Å². The van der Waals surface area contributed by atoms with Crippen LogP contribution in [0.5, 0.6) is 0 Å². The maximum Gasteiger partial charge on any atom is 0.243 e. The van der Waals surface area contributed by atoms with Crippen molar-refractivity contribution in [3.8, 4) is 0 Å². The number of amides is 1. The van der Waals surface area contributed by atoms with Gasteiger partial charge >= 0.3 is 0 Å². The summed E-state index contributed by atoms with van der Waals surface area (Å²) in [5.74, 6) is -0.618. The van der Waals surface area contributed by atoms with E-state index in [4.69, 9.17) is 17.3 Å². The highest BCUT2D eigenvalue weighted by molar-refractivity contribution is 6.31. The first kappa shape index (κ1) is 11.4. The molecule has 86 valence electrons. The van der Waals surface area contributed by atoms with Crippen LogP contribution in [0.15, 0.2) is 18.2 Å². The lowest BCUT2D eigenvalue weighted by molar-refractivity contribution is -0.120. The number of hydrogen-bond donors (Lipinski definition) is 1. The number of nitrogens with two attached hydrogens (primary N) is 1. The number of nitrogens with zero attached hydrogens (tertiary/aromatic N) is 1. The molecule has 1 aromatic carbocycles. The Hall–Kier alpha value is -1.13. The average molecular weight is 243 g/mol. The quantitative estimate of drug-likeness (QED) is 0.818. The van der Waals surface area contributed by atoms with Crippen LogP contribution in [0.3, 0.4) is 0 Å². The van der Waals surface area contributed by atoms with Gasteiger partial charge in [0, 0.05) is 12.2 Å². The molecule has 5 heteroatoms. The third kappa shape index (κ3) is 2.03. The van der Waals surface area contributed by atoms with Gasteiger partial charge in [0.1, 0.15) is 5.82 Å². The largest absolute Gasteiger partial charge is 0.320 e. The van der Waals surface area contributed by atoms with Crippen LogP contribution in [0, 0.1) is 5.82 Å². The number of piperidine rings is 1. The monoisotopic (exact) mass is 242 g/mol. The Bertz CT molecular complexity index is 424. The number of hydrogen-bond acceptors (Lipinski definition) is 2. The van der Waals surface area contributed by atoms with Crippen molar-refractivity contribution in [2.45, 2.75) is 18.9 Å². The molecular weight excluding hydrogens is 231 g/mol. The average Bonchev–Trinajstić information content (AvgIpc) is 2.26. The summed E-state index contributed by atoms with van der Waals surface area (Å²) in [7, 11) is 0. The van der Waals surface area contributed by atoms with E-state index < -0.39 is 11.9 Å². The molecule has 0 radical (unpaired) electrons. The van der Waals surface area contributed by atoms with E-state index in [1.807, 2.05) is 0 Å². The molecule has 1 heterocycles. The Morgan fingerprint density at radius 1 is 1.50 bits per heavy atom. The molecule has 1 atom stereocenters. The lowest BCUT2D eigenvalue weighted by atomic mass is 10.0. The van der Waals surface area contributed by atoms with Crippen molar-refractivity contribution in [1.29, 1.82) is 0 Å². The molecule has 1 amide bonds. The van der Waals surface area contributed by atoms with E-state index in [0.717, 1.165) is 6.42 Å². The summed E-state index contributed by atoms with van der Waals surface area (Å²) in [6.45, 7) is 0.606. The summed E-state index contributed by atoms with van der Waals surface area (Å²) >= 11 is 5.67. The molecule has 16 heavy (non-hydrogen) atoms. The molecule has 1 aliphatic heterocycles. The van der Waals surface area contributed by atoms with Crippen LogP contribution < -0.4 is 10.6 Å². The molecule has 0 saturated carbocycles. The van der Waals surface area contributed by atoms with Gasteiger partial charge in [0.2, 0.25) is 5.91 Å². The summed E-state index contributed by atoms with van der Waals surface area (Å²) in [6.07, 6.45) is 1.55. The van der Waals surface area contributed by atoms with E-state index >= 15 is 0 Å². The third-order valence-electron chi connectivity index (χ3n) is 2.69. The fourth-order valence-electron chi connectivity index (χ4n) is 1.81. The number of rotatable bonds is 1. The van der Waals surface area contributed by atoms with Crippen molar-refractivity contribution in [2.75, 3.05) is 11.4 Å². The van der Waals surface area contributed by atoms with Crippen molar-refractivity contribution >= 4 is 23.2 Å². The molecule has 2 rings (SSSR count). The summed E-state index contributed by atoms with van der Waals surface area (Å²) in [6, 6.07) is 3.78. The van der Waals surface area contributed by atoms with Crippen LogP contribution in [-0.4, -0.2) is 18.5 Å². The summed E-state index contributed by atoms with van der Waals surface area (Å²) < 4.78 is 13.0. The Labute approximate surface area is 98.0 Å². The van der Waals surface area contributed by atoms with Crippen LogP contribution in [-0.2, 0) is 4.79 Å². The lowest BCUT2D eigenvalue weighted by Crippen LogP contribution is -2.48. The highest BCUT2D eigenvalue weighted by atomic mass is 35.5. The normalized spacial score (nSPS) is 21.3. The van der Waals surface area contributed by atoms with Gasteiger partial charge < -0.3 is 10.6 Å². The zero-order valence-electron chi connectivity index (χ0n) is 8.62. The van der Waals surface area contributed by atoms with Gasteiger partial charge in [0.05, 0.1) is 11.1 Å². The van der Waals surface area contributed by atoms with E-state index in [1.165, 1.54) is 18.2 Å². The van der Waals surface area contributed by atoms with E-state index in [2.05, 4.69) is 0 Å². The summed E-state index contributed by atoms with van der Waals surface area (Å²) in [4.78, 5) is 13.3. The minimum atomic E-state index is -0.487. The van der Waals surface area contributed by atoms with E-state index in [0.29, 0.717) is 18.7 Å². The molecule has 0 aromatic heterocycles. The molecule has 1 fully saturated rings. The molecule has 1 unspecified atom stereocenters. The molecule has 0 spiro atoms. The van der Waals surface area contributed by atoms with Crippen molar-refractivity contribution in [2.24, 2.45) is 5.73 Å². The first-order valence-corrected chi connectivity index (χ1v) is 5.49. The number of halogens is 2. The van der Waals surface area contributed by atoms with E-state index in [9.17, 15) is 9.18 Å². The van der Waals surface area contributed by atoms with Crippen molar-refractivity contribution in [3.63, 3.8) is 0 Å². The number of carbonyl (C=O) groups is 1. The Morgan fingerprint density at radius 2 is 2.25 bits per heavy atom. The Balaban J connectivity index is 2.29. The fourth-order valence-corrected chi connectivity index (χ4v) is 1.99. The van der Waals surface area contributed by atoms with Gasteiger partial charge in [0.25, 0.3) is 0 Å². The minimum Gasteiger partial charge on any atom is -0.320 e. The number of benzene rings is 1. The molecule has 1 saturated heterocycles. The molecule has 1 aromatic rings. The van der Waals surface area contributed by atoms with Gasteiger partial charge in [-0.25, -0.2) is 4.39 Å². The fraction of sp³-hybridized carbons (Fsp3) is 0.364. The maximum atomic E-state index is 13.0. The van der Waals surface area contributed by atoms with Crippen LogP contribution in [0.2, 0.25) is 5.02 Å². The van der Waals surface area contributed by atoms with Gasteiger partial charge in [-0.15, -0.1) is 0 Å². The second kappa shape index (κ2) is 4.39. The maximum absolute atomic E-state index is 13.0. The van der Waals surface area contributed by atoms with Gasteiger partial charge in [0.15, 0.2) is 0 Å². The van der Waals surface area contributed by atoms with Crippen LogP contribution in [0.25, 0.3) is 0 Å². The highest BCUT2D eigenvalue weighted by Crippen LogP contribution is 2.25. The molecule has 0 aliphatic carbocycles. The number of carbonyl (C=O) groups excluding carboxylic acids is 1. The highest BCUT2D eigenvalue weighted by Gasteiger charge is 2.26. The Kier molecular flexibility index (Phi) is 3.12. The zero-order chi connectivity index (χ0) is 11.7. The second-order valence-electron chi connectivity index (χ2n) is 3.84. The summed E-state index contributed by atoms with van der Waals surface area (Å²) in [5.41, 5.74) is 6.28. The third-order valence-corrected chi connectivity index (χ3v) is 2.98. The van der Waals surface area contributed by atoms with Gasteiger partial charge in [-0.1, -0.05) is 11.6 Å². The predicted octanol–water partition coefficient (Wildman–Crippen LogP) is 1.93. The van der Waals surface area contributed by atoms with Crippen molar-refractivity contribution in [1.82, 2.24) is 0 Å². The van der Waals surface area contributed by atoms with Gasteiger partial charge in [-0.3, -0.25) is 4.79 Å². The molecular formula is C11H12ClFN2O. The van der Waals surface area contributed by atoms with Gasteiger partial charge in [-0.2, -0.15) is 0 Å². The standard InChI is InChI=1S/C11H12ClFN2O/c12-8-6-7(3-4-9(8)13)15-5-1-2-10(14)11(15)16/h3-4,6,10H,1-2,5,14H2.